The number of carbonyl (C=O) groups excluding carboxylic acids is 1. The lowest BCUT2D eigenvalue weighted by Gasteiger charge is -2.14. The first-order valence-electron chi connectivity index (χ1n) is 9.58. The predicted molar refractivity (Wildman–Crippen MR) is 119 cm³/mol. The maximum Gasteiger partial charge on any atom is 0.266 e. The highest BCUT2D eigenvalue weighted by molar-refractivity contribution is 8.18. The van der Waals surface area contributed by atoms with E-state index in [4.69, 9.17) is 14.5 Å². The Morgan fingerprint density at radius 1 is 1.17 bits per heavy atom. The van der Waals surface area contributed by atoms with E-state index in [2.05, 4.69) is 31.4 Å². The van der Waals surface area contributed by atoms with Crippen LogP contribution in [0.1, 0.15) is 23.9 Å². The van der Waals surface area contributed by atoms with Crippen LogP contribution in [0.15, 0.2) is 40.2 Å². The molecule has 1 amide bonds. The topological polar surface area (TPSA) is 56.1 Å². The summed E-state index contributed by atoms with van der Waals surface area (Å²) in [4.78, 5) is 20.1. The molecule has 3 rings (SSSR count). The van der Waals surface area contributed by atoms with Gasteiger partial charge in [0.25, 0.3) is 5.91 Å². The molecule has 0 bridgehead atoms. The zero-order valence-corrected chi connectivity index (χ0v) is 18.4. The third-order valence-electron chi connectivity index (χ3n) is 4.92. The molecule has 2 aromatic rings. The Kier molecular flexibility index (Phi) is 6.82. The van der Waals surface area contributed by atoms with Crippen molar-refractivity contribution < 1.29 is 14.3 Å². The molecule has 0 spiro atoms. The van der Waals surface area contributed by atoms with Crippen molar-refractivity contribution in [2.24, 2.45) is 4.99 Å². The molecule has 1 aromatic heterocycles. The molecule has 6 nitrogen and oxygen atoms in total. The number of nitrogens with zero attached hydrogens (tertiary/aromatic N) is 3. The Morgan fingerprint density at radius 3 is 2.48 bits per heavy atom. The maximum atomic E-state index is 13.1. The number of ether oxygens (including phenoxy) is 2. The van der Waals surface area contributed by atoms with Crippen molar-refractivity contribution in [3.05, 3.63) is 52.2 Å². The van der Waals surface area contributed by atoms with Gasteiger partial charge in [0, 0.05) is 25.0 Å². The normalized spacial score (nSPS) is 17.0. The number of amides is 1. The van der Waals surface area contributed by atoms with Crippen LogP contribution in [0.2, 0.25) is 0 Å². The quantitative estimate of drug-likeness (QED) is 0.632. The van der Waals surface area contributed by atoms with Crippen molar-refractivity contribution in [1.82, 2.24) is 9.47 Å². The highest BCUT2D eigenvalue weighted by Gasteiger charge is 2.33. The third kappa shape index (κ3) is 4.57. The smallest absolute Gasteiger partial charge is 0.266 e. The van der Waals surface area contributed by atoms with Gasteiger partial charge in [0.1, 0.15) is 5.75 Å². The van der Waals surface area contributed by atoms with Gasteiger partial charge in [-0.15, -0.1) is 0 Å². The van der Waals surface area contributed by atoms with Gasteiger partial charge in [0.05, 0.1) is 30.9 Å². The minimum absolute atomic E-state index is 0.0411. The number of aromatic nitrogens is 1. The summed E-state index contributed by atoms with van der Waals surface area (Å²) in [6.07, 6.45) is 1.97. The zero-order chi connectivity index (χ0) is 21.0. The van der Waals surface area contributed by atoms with E-state index in [-0.39, 0.29) is 5.91 Å². The molecular weight excluding hydrogens is 386 g/mol. The van der Waals surface area contributed by atoms with E-state index in [1.54, 1.807) is 19.1 Å². The molecule has 0 unspecified atom stereocenters. The lowest BCUT2D eigenvalue weighted by atomic mass is 10.2. The van der Waals surface area contributed by atoms with Crippen LogP contribution in [0, 0.1) is 13.8 Å². The first-order chi connectivity index (χ1) is 14.0. The number of thioether (sulfide) groups is 1. The summed E-state index contributed by atoms with van der Waals surface area (Å²) in [6.45, 7) is 8.12. The van der Waals surface area contributed by atoms with E-state index in [1.807, 2.05) is 30.3 Å². The number of methoxy groups -OCH3 is 2. The molecule has 2 heterocycles. The zero-order valence-electron chi connectivity index (χ0n) is 17.6. The van der Waals surface area contributed by atoms with Crippen molar-refractivity contribution >= 4 is 34.6 Å². The summed E-state index contributed by atoms with van der Waals surface area (Å²) in [7, 11) is 3.26. The molecule has 0 atom stereocenters. The highest BCUT2D eigenvalue weighted by Crippen LogP contribution is 2.35. The Morgan fingerprint density at radius 2 is 1.90 bits per heavy atom. The molecule has 1 aliphatic rings. The van der Waals surface area contributed by atoms with Crippen LogP contribution in [0.4, 0.5) is 5.69 Å². The first kappa shape index (κ1) is 21.2. The summed E-state index contributed by atoms with van der Waals surface area (Å²) in [5, 5.41) is 0.660. The van der Waals surface area contributed by atoms with Gasteiger partial charge in [-0.2, -0.15) is 0 Å². The van der Waals surface area contributed by atoms with E-state index >= 15 is 0 Å². The summed E-state index contributed by atoms with van der Waals surface area (Å²) >= 11 is 1.40. The molecule has 0 radical (unpaired) electrons. The minimum atomic E-state index is -0.0411. The second kappa shape index (κ2) is 9.33. The van der Waals surface area contributed by atoms with Gasteiger partial charge in [0.15, 0.2) is 5.17 Å². The molecule has 1 aromatic carbocycles. The Bertz CT molecular complexity index is 945. The van der Waals surface area contributed by atoms with Gasteiger partial charge in [-0.3, -0.25) is 9.69 Å². The number of aliphatic imine (C=N–C) groups is 1. The monoisotopic (exact) mass is 413 g/mol. The summed E-state index contributed by atoms with van der Waals surface area (Å²) in [5.74, 6) is 0.729. The van der Waals surface area contributed by atoms with Crippen LogP contribution in [0.3, 0.4) is 0 Å². The molecule has 29 heavy (non-hydrogen) atoms. The van der Waals surface area contributed by atoms with Crippen LogP contribution in [-0.4, -0.2) is 47.9 Å². The third-order valence-corrected chi connectivity index (χ3v) is 5.93. The van der Waals surface area contributed by atoms with Crippen LogP contribution in [0.5, 0.6) is 5.75 Å². The van der Waals surface area contributed by atoms with E-state index in [9.17, 15) is 4.79 Å². The van der Waals surface area contributed by atoms with Gasteiger partial charge in [-0.25, -0.2) is 4.99 Å². The number of benzene rings is 1. The van der Waals surface area contributed by atoms with Crippen LogP contribution < -0.4 is 4.74 Å². The number of hydrogen-bond donors (Lipinski definition) is 0. The predicted octanol–water partition coefficient (Wildman–Crippen LogP) is 4.38. The van der Waals surface area contributed by atoms with Crippen LogP contribution >= 0.6 is 11.8 Å². The molecule has 0 N–H and O–H groups in total. The van der Waals surface area contributed by atoms with Crippen molar-refractivity contribution in [2.75, 3.05) is 27.4 Å². The standard InChI is InChI=1S/C22H27N3O3S/c1-6-24-15(2)13-17(16(24)3)14-20-21(26)25(11-12-27-4)22(29-20)23-18-7-9-19(28-5)10-8-18/h7-10,13-14H,6,11-12H2,1-5H3/b20-14-,23-22?. The molecule has 1 fully saturated rings. The minimum Gasteiger partial charge on any atom is -0.497 e. The van der Waals surface area contributed by atoms with Gasteiger partial charge >= 0.3 is 0 Å². The average Bonchev–Trinajstić information content (AvgIpc) is 3.16. The highest BCUT2D eigenvalue weighted by atomic mass is 32.2. The fourth-order valence-corrected chi connectivity index (χ4v) is 4.36. The summed E-state index contributed by atoms with van der Waals surface area (Å²) in [5.41, 5.74) is 4.19. The van der Waals surface area contributed by atoms with Crippen molar-refractivity contribution in [3.8, 4) is 5.75 Å². The van der Waals surface area contributed by atoms with E-state index < -0.39 is 0 Å². The number of carbonyl (C=O) groups is 1. The van der Waals surface area contributed by atoms with E-state index in [1.165, 1.54) is 17.5 Å². The largest absolute Gasteiger partial charge is 0.497 e. The van der Waals surface area contributed by atoms with Gasteiger partial charge in [-0.05, 0) is 74.5 Å². The van der Waals surface area contributed by atoms with E-state index in [0.717, 1.165) is 29.2 Å². The molecular formula is C22H27N3O3S. The number of aryl methyl sites for hydroxylation is 1. The first-order valence-corrected chi connectivity index (χ1v) is 10.4. The molecule has 0 aliphatic carbocycles. The summed E-state index contributed by atoms with van der Waals surface area (Å²) < 4.78 is 12.6. The van der Waals surface area contributed by atoms with Gasteiger partial charge < -0.3 is 14.0 Å². The Labute approximate surface area is 176 Å². The van der Waals surface area contributed by atoms with Crippen molar-refractivity contribution in [3.63, 3.8) is 0 Å². The second-order valence-electron chi connectivity index (χ2n) is 6.72. The lowest BCUT2D eigenvalue weighted by Crippen LogP contribution is -2.32. The van der Waals surface area contributed by atoms with Crippen molar-refractivity contribution in [2.45, 2.75) is 27.3 Å². The fraction of sp³-hybridized carbons (Fsp3) is 0.364. The number of amidine groups is 1. The number of hydrogen-bond acceptors (Lipinski definition) is 5. The molecule has 154 valence electrons. The SMILES string of the molecule is CCn1c(C)cc(/C=C2\SC(=Nc3ccc(OC)cc3)N(CCOC)C2=O)c1C. The Hall–Kier alpha value is -2.51. The maximum absolute atomic E-state index is 13.1. The fourth-order valence-electron chi connectivity index (χ4n) is 3.34. The average molecular weight is 414 g/mol. The van der Waals surface area contributed by atoms with Gasteiger partial charge in [-0.1, -0.05) is 0 Å². The van der Waals surface area contributed by atoms with Gasteiger partial charge in [0.2, 0.25) is 0 Å². The van der Waals surface area contributed by atoms with Crippen LogP contribution in [-0.2, 0) is 16.1 Å². The summed E-state index contributed by atoms with van der Waals surface area (Å²) in [6, 6.07) is 9.59. The second-order valence-corrected chi connectivity index (χ2v) is 7.73. The van der Waals surface area contributed by atoms with Crippen LogP contribution in [0.25, 0.3) is 6.08 Å². The molecule has 1 saturated heterocycles. The molecule has 7 heteroatoms. The molecule has 0 saturated carbocycles. The van der Waals surface area contributed by atoms with E-state index in [0.29, 0.717) is 23.2 Å². The lowest BCUT2D eigenvalue weighted by molar-refractivity contribution is -0.122. The Balaban J connectivity index is 1.94. The molecule has 1 aliphatic heterocycles. The van der Waals surface area contributed by atoms with Crippen molar-refractivity contribution in [1.29, 1.82) is 0 Å². The number of rotatable bonds is 7.